The number of carboxylic acids is 1. The number of ether oxygens (including phenoxy) is 1. The topological polar surface area (TPSA) is 101 Å². The maximum absolute atomic E-state index is 12.0. The van der Waals surface area contributed by atoms with Gasteiger partial charge in [-0.3, -0.25) is 10.1 Å². The first kappa shape index (κ1) is 16.6. The molecule has 0 aliphatic rings. The van der Waals surface area contributed by atoms with Crippen molar-refractivity contribution in [1.29, 1.82) is 0 Å². The predicted octanol–water partition coefficient (Wildman–Crippen LogP) is 1.71. The Morgan fingerprint density at radius 2 is 2.14 bits per heavy atom. The summed E-state index contributed by atoms with van der Waals surface area (Å²) in [5.41, 5.74) is 0. The maximum Gasteiger partial charge on any atom is 0.320 e. The van der Waals surface area contributed by atoms with Crippen LogP contribution in [0.15, 0.2) is 18.2 Å². The molecule has 0 saturated heterocycles. The normalized spacial score (nSPS) is 10.2. The van der Waals surface area contributed by atoms with Crippen LogP contribution in [0.5, 0.6) is 5.88 Å². The van der Waals surface area contributed by atoms with Crippen LogP contribution in [0, 0.1) is 0 Å². The maximum atomic E-state index is 12.0. The summed E-state index contributed by atoms with van der Waals surface area (Å²) in [7, 11) is 0. The summed E-state index contributed by atoms with van der Waals surface area (Å²) in [5, 5.41) is 13.3. The summed E-state index contributed by atoms with van der Waals surface area (Å²) in [5.74, 6) is -0.834. The van der Waals surface area contributed by atoms with Gasteiger partial charge in [0.05, 0.1) is 0 Å². The molecule has 116 valence electrons. The predicted molar refractivity (Wildman–Crippen MR) is 69.6 cm³/mol. The molecule has 0 saturated carbocycles. The number of carboxylic acid groups (broad SMARTS) is 1. The number of urea groups is 1. The second-order valence-electron chi connectivity index (χ2n) is 3.94. The van der Waals surface area contributed by atoms with E-state index in [9.17, 15) is 18.4 Å². The van der Waals surface area contributed by atoms with E-state index in [-0.39, 0.29) is 24.7 Å². The number of aromatic nitrogens is 1. The van der Waals surface area contributed by atoms with E-state index < -0.39 is 25.0 Å². The van der Waals surface area contributed by atoms with Crippen LogP contribution in [0.25, 0.3) is 0 Å². The lowest BCUT2D eigenvalue weighted by molar-refractivity contribution is -0.137. The van der Waals surface area contributed by atoms with Crippen molar-refractivity contribution in [3.05, 3.63) is 18.2 Å². The number of amides is 2. The monoisotopic (exact) mass is 303 g/mol. The second-order valence-corrected chi connectivity index (χ2v) is 3.94. The smallest absolute Gasteiger partial charge is 0.320 e. The highest BCUT2D eigenvalue weighted by Gasteiger charge is 2.07. The molecule has 0 atom stereocenters. The summed E-state index contributed by atoms with van der Waals surface area (Å²) >= 11 is 0. The molecular formula is C12H15F2N3O4. The van der Waals surface area contributed by atoms with E-state index in [4.69, 9.17) is 9.84 Å². The second kappa shape index (κ2) is 8.67. The Labute approximate surface area is 119 Å². The van der Waals surface area contributed by atoms with Crippen molar-refractivity contribution in [2.24, 2.45) is 0 Å². The number of carbonyl (C=O) groups excluding carboxylic acids is 1. The zero-order valence-corrected chi connectivity index (χ0v) is 11.0. The zero-order chi connectivity index (χ0) is 15.7. The lowest BCUT2D eigenvalue weighted by Gasteiger charge is -2.08. The van der Waals surface area contributed by atoms with Crippen molar-refractivity contribution in [1.82, 2.24) is 10.3 Å². The Bertz CT molecular complexity index is 485. The molecule has 7 nitrogen and oxygen atoms in total. The summed E-state index contributed by atoms with van der Waals surface area (Å²) in [6.45, 7) is -0.586. The number of pyridine rings is 1. The molecule has 1 rings (SSSR count). The van der Waals surface area contributed by atoms with Gasteiger partial charge in [0.2, 0.25) is 5.88 Å². The lowest BCUT2D eigenvalue weighted by Crippen LogP contribution is -2.30. The third kappa shape index (κ3) is 7.65. The minimum Gasteiger partial charge on any atom is -0.481 e. The SMILES string of the molecule is O=C(O)CCCNC(=O)Nc1cccc(OCC(F)F)n1. The highest BCUT2D eigenvalue weighted by Crippen LogP contribution is 2.12. The van der Waals surface area contributed by atoms with Crippen molar-refractivity contribution < 1.29 is 28.2 Å². The molecule has 3 N–H and O–H groups in total. The molecule has 0 aromatic carbocycles. The number of halogens is 2. The minimum atomic E-state index is -2.61. The number of hydrogen-bond acceptors (Lipinski definition) is 4. The molecule has 1 aromatic heterocycles. The van der Waals surface area contributed by atoms with Crippen molar-refractivity contribution in [3.8, 4) is 5.88 Å². The minimum absolute atomic E-state index is 0.0287. The van der Waals surface area contributed by atoms with Gasteiger partial charge < -0.3 is 15.2 Å². The summed E-state index contributed by atoms with van der Waals surface area (Å²) in [6, 6.07) is 3.78. The molecule has 0 aliphatic heterocycles. The van der Waals surface area contributed by atoms with Crippen molar-refractivity contribution >= 4 is 17.8 Å². The summed E-state index contributed by atoms with van der Waals surface area (Å²) < 4.78 is 28.7. The van der Waals surface area contributed by atoms with Gasteiger partial charge in [-0.05, 0) is 12.5 Å². The molecule has 0 unspecified atom stereocenters. The molecule has 0 aliphatic carbocycles. The van der Waals surface area contributed by atoms with Crippen LogP contribution < -0.4 is 15.4 Å². The number of carbonyl (C=O) groups is 2. The Morgan fingerprint density at radius 3 is 2.81 bits per heavy atom. The van der Waals surface area contributed by atoms with E-state index in [0.717, 1.165) is 0 Å². The van der Waals surface area contributed by atoms with Crippen LogP contribution in [0.2, 0.25) is 0 Å². The lowest BCUT2D eigenvalue weighted by atomic mass is 10.3. The third-order valence-electron chi connectivity index (χ3n) is 2.18. The van der Waals surface area contributed by atoms with Gasteiger partial charge >= 0.3 is 12.0 Å². The highest BCUT2D eigenvalue weighted by molar-refractivity contribution is 5.88. The molecule has 21 heavy (non-hydrogen) atoms. The van der Waals surface area contributed by atoms with Gasteiger partial charge in [0.1, 0.15) is 5.82 Å². The largest absolute Gasteiger partial charge is 0.481 e. The van der Waals surface area contributed by atoms with Crippen molar-refractivity contribution in [2.45, 2.75) is 19.3 Å². The first-order chi connectivity index (χ1) is 9.97. The van der Waals surface area contributed by atoms with E-state index >= 15 is 0 Å². The van der Waals surface area contributed by atoms with E-state index in [1.165, 1.54) is 18.2 Å². The Balaban J connectivity index is 2.38. The van der Waals surface area contributed by atoms with E-state index in [0.29, 0.717) is 6.42 Å². The summed E-state index contributed by atoms with van der Waals surface area (Å²) in [6.07, 6.45) is -2.36. The first-order valence-electron chi connectivity index (χ1n) is 6.12. The van der Waals surface area contributed by atoms with Gasteiger partial charge in [-0.15, -0.1) is 0 Å². The van der Waals surface area contributed by atoms with E-state index in [1.807, 2.05) is 0 Å². The van der Waals surface area contributed by atoms with Crippen LogP contribution in [0.4, 0.5) is 19.4 Å². The fraction of sp³-hybridized carbons (Fsp3) is 0.417. The van der Waals surface area contributed by atoms with Gasteiger partial charge in [0.25, 0.3) is 6.43 Å². The zero-order valence-electron chi connectivity index (χ0n) is 11.0. The van der Waals surface area contributed by atoms with Crippen molar-refractivity contribution in [3.63, 3.8) is 0 Å². The molecule has 0 spiro atoms. The number of hydrogen-bond donors (Lipinski definition) is 3. The van der Waals surface area contributed by atoms with Gasteiger partial charge in [-0.1, -0.05) is 6.07 Å². The average molecular weight is 303 g/mol. The molecule has 9 heteroatoms. The number of nitrogens with one attached hydrogen (secondary N) is 2. The van der Waals surface area contributed by atoms with Crippen LogP contribution in [0.1, 0.15) is 12.8 Å². The Hall–Kier alpha value is -2.45. The van der Waals surface area contributed by atoms with Gasteiger partial charge in [0, 0.05) is 19.0 Å². The van der Waals surface area contributed by atoms with Gasteiger partial charge in [-0.25, -0.2) is 13.6 Å². The highest BCUT2D eigenvalue weighted by atomic mass is 19.3. The van der Waals surface area contributed by atoms with Gasteiger partial charge in [-0.2, -0.15) is 4.98 Å². The number of alkyl halides is 2. The molecule has 0 fully saturated rings. The summed E-state index contributed by atoms with van der Waals surface area (Å²) in [4.78, 5) is 25.6. The van der Waals surface area contributed by atoms with Gasteiger partial charge in [0.15, 0.2) is 6.61 Å². The molecule has 2 amide bonds. The first-order valence-corrected chi connectivity index (χ1v) is 6.12. The van der Waals surface area contributed by atoms with Crippen LogP contribution in [-0.2, 0) is 4.79 Å². The number of rotatable bonds is 8. The van der Waals surface area contributed by atoms with Crippen LogP contribution in [-0.4, -0.2) is 41.7 Å². The van der Waals surface area contributed by atoms with Crippen LogP contribution in [0.3, 0.4) is 0 Å². The number of anilines is 1. The third-order valence-corrected chi connectivity index (χ3v) is 2.18. The standard InChI is InChI=1S/C12H15F2N3O4/c13-8(14)7-21-10-4-1-3-9(16-10)17-12(20)15-6-2-5-11(18)19/h1,3-4,8H,2,5-7H2,(H,18,19)(H2,15,16,17,20). The molecule has 1 aromatic rings. The molecule has 1 heterocycles. The number of nitrogens with zero attached hydrogens (tertiary/aromatic N) is 1. The van der Waals surface area contributed by atoms with E-state index in [1.54, 1.807) is 0 Å². The Kier molecular flexibility index (Phi) is 6.85. The van der Waals surface area contributed by atoms with Crippen molar-refractivity contribution in [2.75, 3.05) is 18.5 Å². The number of aliphatic carboxylic acids is 1. The molecule has 0 radical (unpaired) electrons. The fourth-order valence-electron chi connectivity index (χ4n) is 1.32. The molecular weight excluding hydrogens is 288 g/mol. The molecule has 0 bridgehead atoms. The average Bonchev–Trinajstić information content (AvgIpc) is 2.41. The quantitative estimate of drug-likeness (QED) is 0.635. The van der Waals surface area contributed by atoms with Crippen LogP contribution >= 0.6 is 0 Å². The Morgan fingerprint density at radius 1 is 1.38 bits per heavy atom. The fourth-order valence-corrected chi connectivity index (χ4v) is 1.32. The van der Waals surface area contributed by atoms with E-state index in [2.05, 4.69) is 15.6 Å².